The fraction of sp³-hybridized carbons (Fsp3) is 0.500. The lowest BCUT2D eigenvalue weighted by Crippen LogP contribution is -2.08. The van der Waals surface area contributed by atoms with Crippen molar-refractivity contribution in [2.75, 3.05) is 0 Å². The molecule has 4 heteroatoms. The van der Waals surface area contributed by atoms with Crippen LogP contribution < -0.4 is 0 Å². The van der Waals surface area contributed by atoms with Gasteiger partial charge in [0.15, 0.2) is 0 Å². The van der Waals surface area contributed by atoms with Crippen molar-refractivity contribution in [1.29, 1.82) is 0 Å². The Morgan fingerprint density at radius 2 is 2.10 bits per heavy atom. The number of fused-ring (bicyclic) bond motifs is 1. The Hall–Kier alpha value is -1.84. The first-order valence-electron chi connectivity index (χ1n) is 7.43. The number of pyridine rings is 1. The van der Waals surface area contributed by atoms with Crippen molar-refractivity contribution in [2.24, 2.45) is 0 Å². The summed E-state index contributed by atoms with van der Waals surface area (Å²) in [5.41, 5.74) is 1.99. The van der Waals surface area contributed by atoms with Gasteiger partial charge < -0.3 is 9.51 Å². The maximum Gasteiger partial charge on any atom is 0.303 e. The molecule has 1 fully saturated rings. The predicted octanol–water partition coefficient (Wildman–Crippen LogP) is 3.40. The second-order valence-corrected chi connectivity index (χ2v) is 5.60. The molecule has 0 bridgehead atoms. The fourth-order valence-electron chi connectivity index (χ4n) is 3.19. The number of nitrogens with zero attached hydrogens (tertiary/aromatic N) is 2. The van der Waals surface area contributed by atoms with Gasteiger partial charge in [0.2, 0.25) is 0 Å². The van der Waals surface area contributed by atoms with Crippen molar-refractivity contribution in [3.63, 3.8) is 0 Å². The summed E-state index contributed by atoms with van der Waals surface area (Å²) in [5.74, 6) is 0.888. The zero-order chi connectivity index (χ0) is 13.9. The zero-order valence-electron chi connectivity index (χ0n) is 11.6. The van der Waals surface area contributed by atoms with E-state index in [0.29, 0.717) is 12.3 Å². The average molecular weight is 272 g/mol. The second-order valence-electron chi connectivity index (χ2n) is 5.60. The molecule has 2 heterocycles. The van der Waals surface area contributed by atoms with E-state index < -0.39 is 5.97 Å². The third kappa shape index (κ3) is 2.55. The van der Waals surface area contributed by atoms with Gasteiger partial charge >= 0.3 is 5.97 Å². The van der Waals surface area contributed by atoms with Crippen molar-refractivity contribution < 1.29 is 9.90 Å². The maximum absolute atomic E-state index is 10.8. The summed E-state index contributed by atoms with van der Waals surface area (Å²) in [6, 6.07) is 6.05. The van der Waals surface area contributed by atoms with E-state index in [4.69, 9.17) is 10.1 Å². The van der Waals surface area contributed by atoms with Crippen LogP contribution in [0.15, 0.2) is 24.4 Å². The highest BCUT2D eigenvalue weighted by atomic mass is 16.4. The number of hydrogen-bond acceptors (Lipinski definition) is 2. The average Bonchev–Trinajstić information content (AvgIpc) is 2.85. The Morgan fingerprint density at radius 3 is 2.85 bits per heavy atom. The molecule has 3 rings (SSSR count). The van der Waals surface area contributed by atoms with Crippen molar-refractivity contribution in [3.8, 4) is 0 Å². The van der Waals surface area contributed by atoms with Crippen molar-refractivity contribution in [3.05, 3.63) is 35.9 Å². The summed E-state index contributed by atoms with van der Waals surface area (Å²) < 4.78 is 2.16. The summed E-state index contributed by atoms with van der Waals surface area (Å²) >= 11 is 0. The Kier molecular flexibility index (Phi) is 3.72. The Balaban J connectivity index is 1.96. The van der Waals surface area contributed by atoms with Crippen molar-refractivity contribution in [2.45, 2.75) is 50.9 Å². The van der Waals surface area contributed by atoms with Crippen LogP contribution >= 0.6 is 0 Å². The standard InChI is InChI=1S/C16H20N2O2/c19-15(20)10-9-13-14-8-4-5-11-18(14)16(17-13)12-6-2-1-3-7-12/h4-5,8,11-12H,1-3,6-7,9-10H2,(H,19,20). The van der Waals surface area contributed by atoms with Crippen LogP contribution in [0.4, 0.5) is 0 Å². The molecule has 0 saturated heterocycles. The topological polar surface area (TPSA) is 54.6 Å². The van der Waals surface area contributed by atoms with Crippen LogP contribution in [0.2, 0.25) is 0 Å². The van der Waals surface area contributed by atoms with E-state index in [1.54, 1.807) is 0 Å². The SMILES string of the molecule is O=C(O)CCc1nc(C2CCCCC2)n2ccccc12. The molecule has 4 nitrogen and oxygen atoms in total. The lowest BCUT2D eigenvalue weighted by molar-refractivity contribution is -0.136. The zero-order valence-corrected chi connectivity index (χ0v) is 11.6. The summed E-state index contributed by atoms with van der Waals surface area (Å²) in [4.78, 5) is 15.6. The van der Waals surface area contributed by atoms with Crippen LogP contribution in [0.3, 0.4) is 0 Å². The van der Waals surface area contributed by atoms with Crippen LogP contribution in [-0.4, -0.2) is 20.5 Å². The lowest BCUT2D eigenvalue weighted by atomic mass is 9.89. The third-order valence-electron chi connectivity index (χ3n) is 4.20. The van der Waals surface area contributed by atoms with Gasteiger partial charge in [0.25, 0.3) is 0 Å². The monoisotopic (exact) mass is 272 g/mol. The third-order valence-corrected chi connectivity index (χ3v) is 4.20. The van der Waals surface area contributed by atoms with E-state index in [9.17, 15) is 4.79 Å². The molecule has 2 aromatic heterocycles. The molecular formula is C16H20N2O2. The minimum absolute atomic E-state index is 0.145. The lowest BCUT2D eigenvalue weighted by Gasteiger charge is -2.20. The van der Waals surface area contributed by atoms with Crippen molar-refractivity contribution in [1.82, 2.24) is 9.38 Å². The molecule has 0 aliphatic heterocycles. The predicted molar refractivity (Wildman–Crippen MR) is 77.0 cm³/mol. The van der Waals surface area contributed by atoms with Gasteiger partial charge in [0.05, 0.1) is 17.6 Å². The maximum atomic E-state index is 10.8. The van der Waals surface area contributed by atoms with E-state index in [0.717, 1.165) is 17.0 Å². The fourth-order valence-corrected chi connectivity index (χ4v) is 3.19. The largest absolute Gasteiger partial charge is 0.481 e. The minimum atomic E-state index is -0.763. The second kappa shape index (κ2) is 5.65. The molecule has 0 spiro atoms. The normalized spacial score (nSPS) is 16.6. The van der Waals surface area contributed by atoms with Gasteiger partial charge in [0.1, 0.15) is 5.82 Å². The highest BCUT2D eigenvalue weighted by Gasteiger charge is 2.21. The van der Waals surface area contributed by atoms with Gasteiger partial charge in [-0.2, -0.15) is 0 Å². The number of imidazole rings is 1. The van der Waals surface area contributed by atoms with E-state index >= 15 is 0 Å². The number of carbonyl (C=O) groups is 1. The summed E-state index contributed by atoms with van der Waals surface area (Å²) in [6.07, 6.45) is 8.98. The van der Waals surface area contributed by atoms with Crippen LogP contribution in [-0.2, 0) is 11.2 Å². The molecule has 1 aliphatic rings. The molecule has 106 valence electrons. The smallest absolute Gasteiger partial charge is 0.303 e. The van der Waals surface area contributed by atoms with Crippen LogP contribution in [0.5, 0.6) is 0 Å². The molecule has 0 unspecified atom stereocenters. The molecular weight excluding hydrogens is 252 g/mol. The number of aromatic nitrogens is 2. The van der Waals surface area contributed by atoms with Gasteiger partial charge in [-0.25, -0.2) is 4.98 Å². The summed E-state index contributed by atoms with van der Waals surface area (Å²) in [6.45, 7) is 0. The molecule has 20 heavy (non-hydrogen) atoms. The highest BCUT2D eigenvalue weighted by Crippen LogP contribution is 2.33. The first kappa shape index (κ1) is 13.2. The molecule has 0 aromatic carbocycles. The molecule has 2 aromatic rings. The molecule has 0 atom stereocenters. The van der Waals surface area contributed by atoms with Crippen LogP contribution in [0, 0.1) is 0 Å². The van der Waals surface area contributed by atoms with Gasteiger partial charge in [-0.3, -0.25) is 4.79 Å². The van der Waals surface area contributed by atoms with Crippen molar-refractivity contribution >= 4 is 11.5 Å². The Labute approximate surface area is 118 Å². The Bertz CT molecular complexity index is 612. The first-order chi connectivity index (χ1) is 9.75. The first-order valence-corrected chi connectivity index (χ1v) is 7.43. The Morgan fingerprint density at radius 1 is 1.30 bits per heavy atom. The van der Waals surface area contributed by atoms with E-state index in [-0.39, 0.29) is 6.42 Å². The molecule has 1 saturated carbocycles. The number of carboxylic acid groups (broad SMARTS) is 1. The quantitative estimate of drug-likeness (QED) is 0.928. The minimum Gasteiger partial charge on any atom is -0.481 e. The highest BCUT2D eigenvalue weighted by molar-refractivity contribution is 5.67. The molecule has 1 aliphatic carbocycles. The van der Waals surface area contributed by atoms with E-state index in [2.05, 4.69) is 10.6 Å². The molecule has 0 amide bonds. The number of aliphatic carboxylic acids is 1. The molecule has 1 N–H and O–H groups in total. The number of hydrogen-bond donors (Lipinski definition) is 1. The number of carboxylic acids is 1. The van der Waals surface area contributed by atoms with Crippen LogP contribution in [0.1, 0.15) is 56.0 Å². The molecule has 0 radical (unpaired) electrons. The number of aryl methyl sites for hydroxylation is 1. The van der Waals surface area contributed by atoms with Gasteiger partial charge in [-0.1, -0.05) is 25.3 Å². The van der Waals surface area contributed by atoms with Crippen LogP contribution in [0.25, 0.3) is 5.52 Å². The van der Waals surface area contributed by atoms with E-state index in [1.165, 1.54) is 32.1 Å². The summed E-state index contributed by atoms with van der Waals surface area (Å²) in [7, 11) is 0. The van der Waals surface area contributed by atoms with Gasteiger partial charge in [0, 0.05) is 18.5 Å². The van der Waals surface area contributed by atoms with Gasteiger partial charge in [-0.15, -0.1) is 0 Å². The van der Waals surface area contributed by atoms with Gasteiger partial charge in [-0.05, 0) is 25.0 Å². The van der Waals surface area contributed by atoms with E-state index in [1.807, 2.05) is 18.2 Å². The summed E-state index contributed by atoms with van der Waals surface area (Å²) in [5, 5.41) is 8.87. The number of rotatable bonds is 4.